The molecular formula is C14H26N6O. The van der Waals surface area contributed by atoms with E-state index in [0.29, 0.717) is 30.6 Å². The van der Waals surface area contributed by atoms with Gasteiger partial charge in [0.1, 0.15) is 0 Å². The summed E-state index contributed by atoms with van der Waals surface area (Å²) in [7, 11) is 2.15. The molecule has 1 fully saturated rings. The Labute approximate surface area is 126 Å². The molecule has 2 rings (SSSR count). The second-order valence-corrected chi connectivity index (χ2v) is 5.38. The Bertz CT molecular complexity index is 455. The van der Waals surface area contributed by atoms with Crippen LogP contribution in [0.1, 0.15) is 27.2 Å². The summed E-state index contributed by atoms with van der Waals surface area (Å²) in [5.74, 6) is 1.30. The van der Waals surface area contributed by atoms with Crippen LogP contribution in [0.3, 0.4) is 0 Å². The third-order valence-corrected chi connectivity index (χ3v) is 3.65. The predicted molar refractivity (Wildman–Crippen MR) is 84.1 cm³/mol. The van der Waals surface area contributed by atoms with Crippen LogP contribution in [0.4, 0.5) is 11.9 Å². The summed E-state index contributed by atoms with van der Waals surface area (Å²) in [5, 5.41) is 3.21. The summed E-state index contributed by atoms with van der Waals surface area (Å²) in [6, 6.07) is 0.880. The van der Waals surface area contributed by atoms with Crippen LogP contribution in [0.25, 0.3) is 0 Å². The summed E-state index contributed by atoms with van der Waals surface area (Å²) in [6.45, 7) is 10.5. The molecular weight excluding hydrogens is 268 g/mol. The number of piperazine rings is 1. The molecule has 0 aromatic carbocycles. The first-order chi connectivity index (χ1) is 10.1. The minimum atomic E-state index is 0.396. The van der Waals surface area contributed by atoms with Gasteiger partial charge in [0.2, 0.25) is 11.9 Å². The molecule has 1 aliphatic rings. The van der Waals surface area contributed by atoms with Crippen molar-refractivity contribution in [3.63, 3.8) is 0 Å². The van der Waals surface area contributed by atoms with Gasteiger partial charge < -0.3 is 19.9 Å². The lowest BCUT2D eigenvalue weighted by Crippen LogP contribution is -2.50. The summed E-state index contributed by atoms with van der Waals surface area (Å²) >= 11 is 0. The van der Waals surface area contributed by atoms with Crippen LogP contribution in [-0.4, -0.2) is 65.7 Å². The van der Waals surface area contributed by atoms with Crippen molar-refractivity contribution in [1.82, 2.24) is 19.9 Å². The van der Waals surface area contributed by atoms with Gasteiger partial charge in [0, 0.05) is 32.2 Å². The lowest BCUT2D eigenvalue weighted by Gasteiger charge is -2.37. The molecule has 1 aromatic heterocycles. The SMILES string of the molecule is CCCNc1nc(OCC)nc(N2CCN(C)C(C)C2)n1. The Morgan fingerprint density at radius 2 is 2.05 bits per heavy atom. The van der Waals surface area contributed by atoms with Gasteiger partial charge in [-0.15, -0.1) is 0 Å². The van der Waals surface area contributed by atoms with Gasteiger partial charge in [-0.3, -0.25) is 0 Å². The first kappa shape index (κ1) is 15.8. The van der Waals surface area contributed by atoms with Gasteiger partial charge in [-0.1, -0.05) is 6.92 Å². The lowest BCUT2D eigenvalue weighted by molar-refractivity contribution is 0.232. The van der Waals surface area contributed by atoms with Gasteiger partial charge in [0.05, 0.1) is 6.61 Å². The van der Waals surface area contributed by atoms with Crippen molar-refractivity contribution in [2.45, 2.75) is 33.2 Å². The topological polar surface area (TPSA) is 66.4 Å². The van der Waals surface area contributed by atoms with E-state index in [9.17, 15) is 0 Å². The number of aromatic nitrogens is 3. The van der Waals surface area contributed by atoms with Gasteiger partial charge in [-0.05, 0) is 27.3 Å². The Balaban J connectivity index is 2.18. The predicted octanol–water partition coefficient (Wildman–Crippen LogP) is 1.23. The highest BCUT2D eigenvalue weighted by atomic mass is 16.5. The number of ether oxygens (including phenoxy) is 1. The van der Waals surface area contributed by atoms with Crippen LogP contribution in [-0.2, 0) is 0 Å². The highest BCUT2D eigenvalue weighted by molar-refractivity contribution is 5.39. The number of anilines is 2. The molecule has 2 heterocycles. The number of likely N-dealkylation sites (N-methyl/N-ethyl adjacent to an activating group) is 1. The number of rotatable bonds is 6. The third kappa shape index (κ3) is 4.17. The van der Waals surface area contributed by atoms with Gasteiger partial charge in [-0.2, -0.15) is 15.0 Å². The summed E-state index contributed by atoms with van der Waals surface area (Å²) < 4.78 is 5.47. The number of nitrogens with one attached hydrogen (secondary N) is 1. The van der Waals surface area contributed by atoms with Gasteiger partial charge >= 0.3 is 6.01 Å². The zero-order chi connectivity index (χ0) is 15.2. The fourth-order valence-corrected chi connectivity index (χ4v) is 2.23. The van der Waals surface area contributed by atoms with E-state index in [4.69, 9.17) is 4.74 Å². The molecule has 0 saturated carbocycles. The average molecular weight is 294 g/mol. The molecule has 1 aliphatic heterocycles. The highest BCUT2D eigenvalue weighted by Crippen LogP contribution is 2.18. The summed E-state index contributed by atoms with van der Waals surface area (Å²) in [6.07, 6.45) is 1.02. The van der Waals surface area contributed by atoms with Crippen LogP contribution in [0.2, 0.25) is 0 Å². The summed E-state index contributed by atoms with van der Waals surface area (Å²) in [4.78, 5) is 17.8. The van der Waals surface area contributed by atoms with Gasteiger partial charge in [-0.25, -0.2) is 0 Å². The van der Waals surface area contributed by atoms with Crippen molar-refractivity contribution < 1.29 is 4.74 Å². The molecule has 0 bridgehead atoms. The maximum absolute atomic E-state index is 5.47. The van der Waals surface area contributed by atoms with Gasteiger partial charge in [0.25, 0.3) is 0 Å². The molecule has 1 unspecified atom stereocenters. The number of nitrogens with zero attached hydrogens (tertiary/aromatic N) is 5. The molecule has 1 N–H and O–H groups in total. The maximum Gasteiger partial charge on any atom is 0.323 e. The van der Waals surface area contributed by atoms with Crippen molar-refractivity contribution in [3.05, 3.63) is 0 Å². The van der Waals surface area contributed by atoms with E-state index in [1.165, 1.54) is 0 Å². The molecule has 21 heavy (non-hydrogen) atoms. The van der Waals surface area contributed by atoms with E-state index in [1.54, 1.807) is 0 Å². The molecule has 1 aromatic rings. The molecule has 118 valence electrons. The van der Waals surface area contributed by atoms with Crippen LogP contribution in [0, 0.1) is 0 Å². The second kappa shape index (κ2) is 7.40. The molecule has 7 nitrogen and oxygen atoms in total. The summed E-state index contributed by atoms with van der Waals surface area (Å²) in [5.41, 5.74) is 0. The normalized spacial score (nSPS) is 19.6. The lowest BCUT2D eigenvalue weighted by atomic mass is 10.2. The quantitative estimate of drug-likeness (QED) is 0.846. The molecule has 0 amide bonds. The largest absolute Gasteiger partial charge is 0.464 e. The molecule has 0 radical (unpaired) electrons. The van der Waals surface area contributed by atoms with E-state index >= 15 is 0 Å². The number of hydrogen-bond donors (Lipinski definition) is 1. The fraction of sp³-hybridized carbons (Fsp3) is 0.786. The van der Waals surface area contributed by atoms with Crippen LogP contribution >= 0.6 is 0 Å². The van der Waals surface area contributed by atoms with E-state index in [2.05, 4.69) is 51.0 Å². The van der Waals surface area contributed by atoms with Crippen molar-refractivity contribution in [3.8, 4) is 6.01 Å². The first-order valence-electron chi connectivity index (χ1n) is 7.72. The van der Waals surface area contributed by atoms with Crippen molar-refractivity contribution in [1.29, 1.82) is 0 Å². The molecule has 1 saturated heterocycles. The van der Waals surface area contributed by atoms with Crippen LogP contribution < -0.4 is 15.0 Å². The zero-order valence-corrected chi connectivity index (χ0v) is 13.5. The Morgan fingerprint density at radius 1 is 1.24 bits per heavy atom. The third-order valence-electron chi connectivity index (χ3n) is 3.65. The minimum Gasteiger partial charge on any atom is -0.464 e. The standard InChI is InChI=1S/C14H26N6O/c1-5-7-15-12-16-13(18-14(17-12)21-6-2)20-9-8-19(4)11(3)10-20/h11H,5-10H2,1-4H3,(H,15,16,17,18). The Kier molecular flexibility index (Phi) is 5.55. The average Bonchev–Trinajstić information content (AvgIpc) is 2.48. The van der Waals surface area contributed by atoms with Crippen LogP contribution in [0.5, 0.6) is 6.01 Å². The molecule has 7 heteroatoms. The van der Waals surface area contributed by atoms with Crippen molar-refractivity contribution in [2.75, 3.05) is 50.1 Å². The van der Waals surface area contributed by atoms with E-state index in [0.717, 1.165) is 32.6 Å². The fourth-order valence-electron chi connectivity index (χ4n) is 2.23. The van der Waals surface area contributed by atoms with E-state index < -0.39 is 0 Å². The monoisotopic (exact) mass is 294 g/mol. The zero-order valence-electron chi connectivity index (χ0n) is 13.5. The molecule has 1 atom stereocenters. The van der Waals surface area contributed by atoms with Crippen molar-refractivity contribution >= 4 is 11.9 Å². The molecule has 0 spiro atoms. The maximum atomic E-state index is 5.47. The smallest absolute Gasteiger partial charge is 0.323 e. The van der Waals surface area contributed by atoms with Crippen LogP contribution in [0.15, 0.2) is 0 Å². The highest BCUT2D eigenvalue weighted by Gasteiger charge is 2.23. The minimum absolute atomic E-state index is 0.396. The first-order valence-corrected chi connectivity index (χ1v) is 7.72. The second-order valence-electron chi connectivity index (χ2n) is 5.38. The van der Waals surface area contributed by atoms with E-state index in [1.807, 2.05) is 6.92 Å². The Hall–Kier alpha value is -1.63. The molecule has 0 aliphatic carbocycles. The van der Waals surface area contributed by atoms with Gasteiger partial charge in [0.15, 0.2) is 0 Å². The number of hydrogen-bond acceptors (Lipinski definition) is 7. The Morgan fingerprint density at radius 3 is 2.71 bits per heavy atom. The van der Waals surface area contributed by atoms with Crippen molar-refractivity contribution in [2.24, 2.45) is 0 Å². The van der Waals surface area contributed by atoms with E-state index in [-0.39, 0.29) is 0 Å².